The molecular formula is C14H26O6S2. The van der Waals surface area contributed by atoms with Crippen LogP contribution in [0.15, 0.2) is 0 Å². The van der Waals surface area contributed by atoms with Gasteiger partial charge in [-0.25, -0.2) is 0 Å². The number of hydrogen-bond acceptors (Lipinski definition) is 4. The van der Waals surface area contributed by atoms with Crippen molar-refractivity contribution < 1.29 is 28.2 Å². The third kappa shape index (κ3) is 15.6. The van der Waals surface area contributed by atoms with E-state index in [1.54, 1.807) is 0 Å². The van der Waals surface area contributed by atoms with Crippen LogP contribution >= 0.6 is 0 Å². The molecule has 0 aliphatic carbocycles. The van der Waals surface area contributed by atoms with E-state index in [9.17, 15) is 18.0 Å². The fraction of sp³-hybridized carbons (Fsp3) is 0.857. The third-order valence-corrected chi connectivity index (χ3v) is 5.69. The van der Waals surface area contributed by atoms with Crippen molar-refractivity contribution in [3.63, 3.8) is 0 Å². The lowest BCUT2D eigenvalue weighted by Gasteiger charge is -2.02. The first-order valence-corrected chi connectivity index (χ1v) is 10.5. The van der Waals surface area contributed by atoms with Gasteiger partial charge in [0, 0.05) is 33.1 Å². The highest BCUT2D eigenvalue weighted by molar-refractivity contribution is 7.85. The molecule has 0 bridgehead atoms. The van der Waals surface area contributed by atoms with Gasteiger partial charge < -0.3 is 10.2 Å². The van der Waals surface area contributed by atoms with Crippen LogP contribution in [0.4, 0.5) is 0 Å². The molecule has 130 valence electrons. The third-order valence-electron chi connectivity index (χ3n) is 3.06. The molecule has 2 N–H and O–H groups in total. The minimum atomic E-state index is -1.24. The van der Waals surface area contributed by atoms with Gasteiger partial charge in [0.15, 0.2) is 0 Å². The average molecular weight is 354 g/mol. The molecule has 0 rings (SSSR count). The normalized spacial score (nSPS) is 13.6. The predicted molar refractivity (Wildman–Crippen MR) is 88.0 cm³/mol. The summed E-state index contributed by atoms with van der Waals surface area (Å²) in [5, 5.41) is 16.9. The van der Waals surface area contributed by atoms with Gasteiger partial charge in [-0.1, -0.05) is 38.5 Å². The lowest BCUT2D eigenvalue weighted by atomic mass is 10.1. The second kappa shape index (κ2) is 13.9. The van der Waals surface area contributed by atoms with Crippen LogP contribution in [0.3, 0.4) is 0 Å². The van der Waals surface area contributed by atoms with Gasteiger partial charge in [0.2, 0.25) is 0 Å². The van der Waals surface area contributed by atoms with E-state index in [1.165, 1.54) is 0 Å². The van der Waals surface area contributed by atoms with Gasteiger partial charge in [0.1, 0.15) is 11.5 Å². The van der Waals surface area contributed by atoms with Crippen molar-refractivity contribution in [2.75, 3.05) is 23.0 Å². The molecule has 8 heteroatoms. The maximum Gasteiger partial charge on any atom is 0.316 e. The van der Waals surface area contributed by atoms with Gasteiger partial charge in [-0.05, 0) is 12.8 Å². The van der Waals surface area contributed by atoms with Crippen molar-refractivity contribution in [2.45, 2.75) is 51.4 Å². The highest BCUT2D eigenvalue weighted by Gasteiger charge is 2.06. The van der Waals surface area contributed by atoms with Crippen LogP contribution in [0.1, 0.15) is 51.4 Å². The van der Waals surface area contributed by atoms with Crippen molar-refractivity contribution in [1.82, 2.24) is 0 Å². The van der Waals surface area contributed by atoms with E-state index in [0.29, 0.717) is 11.5 Å². The molecule has 6 nitrogen and oxygen atoms in total. The minimum Gasteiger partial charge on any atom is -0.481 e. The molecule has 2 unspecified atom stereocenters. The van der Waals surface area contributed by atoms with Crippen LogP contribution in [0, 0.1) is 0 Å². The van der Waals surface area contributed by atoms with Crippen LogP contribution < -0.4 is 0 Å². The number of aliphatic carboxylic acids is 2. The molecule has 0 saturated heterocycles. The standard InChI is InChI=1S/C14H26O6S2/c15-13(16)11-21(19)9-7-5-3-1-2-4-6-8-10-22(20)12-14(17)18/h1-12H2,(H,15,16)(H,17,18). The molecule has 0 radical (unpaired) electrons. The molecular weight excluding hydrogens is 328 g/mol. The van der Waals surface area contributed by atoms with E-state index in [0.717, 1.165) is 51.4 Å². The van der Waals surface area contributed by atoms with E-state index < -0.39 is 33.5 Å². The summed E-state index contributed by atoms with van der Waals surface area (Å²) in [6.45, 7) is 0. The van der Waals surface area contributed by atoms with Crippen LogP contribution in [0.25, 0.3) is 0 Å². The fourth-order valence-corrected chi connectivity index (χ4v) is 3.90. The van der Waals surface area contributed by atoms with Gasteiger partial charge in [0.25, 0.3) is 0 Å². The first-order chi connectivity index (χ1) is 10.4. The number of carbonyl (C=O) groups is 2. The van der Waals surface area contributed by atoms with Crippen LogP contribution in [0.2, 0.25) is 0 Å². The van der Waals surface area contributed by atoms with Gasteiger partial charge >= 0.3 is 11.9 Å². The molecule has 0 amide bonds. The van der Waals surface area contributed by atoms with E-state index >= 15 is 0 Å². The van der Waals surface area contributed by atoms with Crippen LogP contribution in [0.5, 0.6) is 0 Å². The summed E-state index contributed by atoms with van der Waals surface area (Å²) in [7, 11) is -2.48. The molecule has 0 aliphatic heterocycles. The molecule has 0 heterocycles. The molecule has 0 aromatic heterocycles. The average Bonchev–Trinajstić information content (AvgIpc) is 2.39. The zero-order chi connectivity index (χ0) is 16.8. The molecule has 0 spiro atoms. The van der Waals surface area contributed by atoms with Gasteiger partial charge in [-0.15, -0.1) is 0 Å². The zero-order valence-corrected chi connectivity index (χ0v) is 14.5. The molecule has 0 aromatic rings. The summed E-state index contributed by atoms with van der Waals surface area (Å²) in [5.41, 5.74) is 0. The van der Waals surface area contributed by atoms with Crippen LogP contribution in [-0.2, 0) is 31.2 Å². The highest BCUT2D eigenvalue weighted by Crippen LogP contribution is 2.09. The first-order valence-electron chi connectivity index (χ1n) is 7.55. The maximum absolute atomic E-state index is 11.3. The van der Waals surface area contributed by atoms with Crippen molar-refractivity contribution >= 4 is 33.5 Å². The molecule has 0 fully saturated rings. The maximum atomic E-state index is 11.3. The molecule has 0 saturated carbocycles. The van der Waals surface area contributed by atoms with Crippen molar-refractivity contribution in [1.29, 1.82) is 0 Å². The van der Waals surface area contributed by atoms with E-state index in [-0.39, 0.29) is 11.5 Å². The van der Waals surface area contributed by atoms with Gasteiger partial charge in [-0.2, -0.15) is 0 Å². The Hall–Kier alpha value is -0.760. The van der Waals surface area contributed by atoms with Crippen LogP contribution in [-0.4, -0.2) is 53.6 Å². The fourth-order valence-electron chi connectivity index (χ4n) is 2.01. The Bertz CT molecular complexity index is 348. The topological polar surface area (TPSA) is 109 Å². The smallest absolute Gasteiger partial charge is 0.316 e. The quantitative estimate of drug-likeness (QED) is 0.434. The number of carboxylic acids is 2. The summed E-state index contributed by atoms with van der Waals surface area (Å²) < 4.78 is 22.5. The second-order valence-electron chi connectivity index (χ2n) is 5.19. The Kier molecular flexibility index (Phi) is 13.4. The summed E-state index contributed by atoms with van der Waals surface area (Å²) in [6.07, 6.45) is 7.81. The molecule has 2 atom stereocenters. The molecule has 0 aliphatic rings. The SMILES string of the molecule is O=C(O)CS(=O)CCCCCCCCCCS(=O)CC(=O)O. The number of hydrogen-bond donors (Lipinski definition) is 2. The van der Waals surface area contributed by atoms with Crippen molar-refractivity contribution in [3.05, 3.63) is 0 Å². The van der Waals surface area contributed by atoms with Gasteiger partial charge in [0.05, 0.1) is 0 Å². The largest absolute Gasteiger partial charge is 0.481 e. The van der Waals surface area contributed by atoms with Crippen molar-refractivity contribution in [2.24, 2.45) is 0 Å². The van der Waals surface area contributed by atoms with E-state index in [1.807, 2.05) is 0 Å². The van der Waals surface area contributed by atoms with Crippen molar-refractivity contribution in [3.8, 4) is 0 Å². The number of unbranched alkanes of at least 4 members (excludes halogenated alkanes) is 7. The second-order valence-corrected chi connectivity index (χ2v) is 8.35. The highest BCUT2D eigenvalue weighted by atomic mass is 32.2. The van der Waals surface area contributed by atoms with E-state index in [4.69, 9.17) is 10.2 Å². The van der Waals surface area contributed by atoms with Gasteiger partial charge in [-0.3, -0.25) is 18.0 Å². The Morgan fingerprint density at radius 2 is 0.864 bits per heavy atom. The lowest BCUT2D eigenvalue weighted by Crippen LogP contribution is -2.11. The Morgan fingerprint density at radius 3 is 1.14 bits per heavy atom. The summed E-state index contributed by atoms with van der Waals surface area (Å²) >= 11 is 0. The summed E-state index contributed by atoms with van der Waals surface area (Å²) in [6, 6.07) is 0. The summed E-state index contributed by atoms with van der Waals surface area (Å²) in [5.74, 6) is -1.62. The zero-order valence-electron chi connectivity index (χ0n) is 12.8. The molecule has 22 heavy (non-hydrogen) atoms. The number of carboxylic acid groups (broad SMARTS) is 2. The first kappa shape index (κ1) is 21.2. The monoisotopic (exact) mass is 354 g/mol. The lowest BCUT2D eigenvalue weighted by molar-refractivity contribution is -0.135. The Morgan fingerprint density at radius 1 is 0.591 bits per heavy atom. The van der Waals surface area contributed by atoms with E-state index in [2.05, 4.69) is 0 Å². The summed E-state index contributed by atoms with van der Waals surface area (Å²) in [4.78, 5) is 20.6. The minimum absolute atomic E-state index is 0.261. The Balaban J connectivity index is 3.27. The predicted octanol–water partition coefficient (Wildman–Crippen LogP) is 1.77. The molecule has 0 aromatic carbocycles. The number of rotatable bonds is 15. The Labute approximate surface area is 136 Å².